The van der Waals surface area contributed by atoms with Crippen LogP contribution < -0.4 is 5.32 Å². The van der Waals surface area contributed by atoms with Gasteiger partial charge in [0, 0.05) is 6.04 Å². The Bertz CT molecular complexity index is 91.6. The van der Waals surface area contributed by atoms with Crippen molar-refractivity contribution in [2.75, 3.05) is 13.2 Å². The first-order valence-electron chi connectivity index (χ1n) is 3.87. The van der Waals surface area contributed by atoms with Crippen LogP contribution in [-0.4, -0.2) is 35.5 Å². The van der Waals surface area contributed by atoms with E-state index in [1.54, 1.807) is 0 Å². The van der Waals surface area contributed by atoms with E-state index in [0.29, 0.717) is 0 Å². The minimum atomic E-state index is -0.569. The van der Waals surface area contributed by atoms with Crippen LogP contribution >= 0.6 is 0 Å². The van der Waals surface area contributed by atoms with Crippen molar-refractivity contribution in [3.63, 3.8) is 0 Å². The zero-order valence-electron chi connectivity index (χ0n) is 6.08. The largest absolute Gasteiger partial charge is 0.394 e. The fourth-order valence-electron chi connectivity index (χ4n) is 1.33. The fourth-order valence-corrected chi connectivity index (χ4v) is 1.33. The molecule has 1 rings (SSSR count). The minimum Gasteiger partial charge on any atom is -0.394 e. The Hall–Kier alpha value is -0.120. The average Bonchev–Trinajstić information content (AvgIpc) is 2.05. The first-order valence-corrected chi connectivity index (χ1v) is 3.87. The number of piperidine rings is 1. The van der Waals surface area contributed by atoms with Crippen LogP contribution in [0.5, 0.6) is 0 Å². The summed E-state index contributed by atoms with van der Waals surface area (Å²) in [6.45, 7) is 0.847. The van der Waals surface area contributed by atoms with Crippen molar-refractivity contribution in [3.8, 4) is 0 Å². The van der Waals surface area contributed by atoms with E-state index < -0.39 is 6.10 Å². The van der Waals surface area contributed by atoms with Crippen molar-refractivity contribution in [3.05, 3.63) is 0 Å². The number of aliphatic hydroxyl groups excluding tert-OH is 2. The minimum absolute atomic E-state index is 0.124. The Kier molecular flexibility index (Phi) is 3.12. The molecule has 0 spiro atoms. The molecule has 1 aliphatic rings. The lowest BCUT2D eigenvalue weighted by Crippen LogP contribution is -2.44. The van der Waals surface area contributed by atoms with Gasteiger partial charge in [0.1, 0.15) is 0 Å². The van der Waals surface area contributed by atoms with E-state index in [-0.39, 0.29) is 12.6 Å². The number of hydrogen-bond acceptors (Lipinski definition) is 3. The highest BCUT2D eigenvalue weighted by molar-refractivity contribution is 4.78. The Labute approximate surface area is 61.1 Å². The summed E-state index contributed by atoms with van der Waals surface area (Å²) in [6.07, 6.45) is 2.77. The maximum atomic E-state index is 9.17. The van der Waals surface area contributed by atoms with Crippen LogP contribution in [0.1, 0.15) is 19.3 Å². The molecule has 1 aliphatic heterocycles. The van der Waals surface area contributed by atoms with Crippen molar-refractivity contribution in [2.24, 2.45) is 0 Å². The van der Waals surface area contributed by atoms with Gasteiger partial charge in [0.25, 0.3) is 0 Å². The summed E-state index contributed by atoms with van der Waals surface area (Å²) in [4.78, 5) is 0. The predicted octanol–water partition coefficient (Wildman–Crippen LogP) is -0.518. The van der Waals surface area contributed by atoms with E-state index in [0.717, 1.165) is 19.4 Å². The summed E-state index contributed by atoms with van der Waals surface area (Å²) in [7, 11) is 0. The molecule has 1 heterocycles. The lowest BCUT2D eigenvalue weighted by atomic mass is 10.0. The normalized spacial score (nSPS) is 30.0. The van der Waals surface area contributed by atoms with Crippen LogP contribution in [0, 0.1) is 0 Å². The second-order valence-electron chi connectivity index (χ2n) is 2.81. The third kappa shape index (κ3) is 1.94. The van der Waals surface area contributed by atoms with Gasteiger partial charge in [-0.3, -0.25) is 0 Å². The summed E-state index contributed by atoms with van der Waals surface area (Å²) in [5, 5.41) is 20.9. The van der Waals surface area contributed by atoms with Gasteiger partial charge < -0.3 is 15.5 Å². The average molecular weight is 145 g/mol. The molecule has 0 aromatic heterocycles. The van der Waals surface area contributed by atoms with Gasteiger partial charge in [-0.2, -0.15) is 0 Å². The topological polar surface area (TPSA) is 52.5 Å². The SMILES string of the molecule is OC[C@H](O)[C@H]1CCCCN1. The smallest absolute Gasteiger partial charge is 0.0923 e. The van der Waals surface area contributed by atoms with E-state index in [2.05, 4.69) is 5.32 Å². The van der Waals surface area contributed by atoms with Crippen LogP contribution in [0.15, 0.2) is 0 Å². The number of aliphatic hydroxyl groups is 2. The molecule has 0 aromatic carbocycles. The van der Waals surface area contributed by atoms with Crippen molar-refractivity contribution in [1.29, 1.82) is 0 Å². The third-order valence-corrected chi connectivity index (χ3v) is 2.00. The molecule has 3 heteroatoms. The zero-order valence-corrected chi connectivity index (χ0v) is 6.08. The van der Waals surface area contributed by atoms with Crippen molar-refractivity contribution in [2.45, 2.75) is 31.4 Å². The molecule has 1 saturated heterocycles. The molecule has 1 fully saturated rings. The Morgan fingerprint density at radius 2 is 2.30 bits per heavy atom. The second-order valence-corrected chi connectivity index (χ2v) is 2.81. The van der Waals surface area contributed by atoms with Crippen LogP contribution in [-0.2, 0) is 0 Å². The predicted molar refractivity (Wildman–Crippen MR) is 38.7 cm³/mol. The van der Waals surface area contributed by atoms with Crippen molar-refractivity contribution >= 4 is 0 Å². The molecule has 2 atom stereocenters. The van der Waals surface area contributed by atoms with Gasteiger partial charge in [-0.25, -0.2) is 0 Å². The van der Waals surface area contributed by atoms with E-state index in [9.17, 15) is 5.11 Å². The second kappa shape index (κ2) is 3.91. The van der Waals surface area contributed by atoms with Crippen LogP contribution in [0.4, 0.5) is 0 Å². The van der Waals surface area contributed by atoms with Crippen LogP contribution in [0.3, 0.4) is 0 Å². The third-order valence-electron chi connectivity index (χ3n) is 2.00. The standard InChI is InChI=1S/C7H15NO2/c9-5-7(10)6-3-1-2-4-8-6/h6-10H,1-5H2/t6-,7+/m1/s1. The lowest BCUT2D eigenvalue weighted by Gasteiger charge is -2.26. The monoisotopic (exact) mass is 145 g/mol. The van der Waals surface area contributed by atoms with Gasteiger partial charge in [-0.05, 0) is 19.4 Å². The first kappa shape index (κ1) is 7.98. The lowest BCUT2D eigenvalue weighted by molar-refractivity contribution is 0.0543. The maximum Gasteiger partial charge on any atom is 0.0923 e. The van der Waals surface area contributed by atoms with Crippen LogP contribution in [0.2, 0.25) is 0 Å². The molecule has 3 nitrogen and oxygen atoms in total. The van der Waals surface area contributed by atoms with E-state index in [1.807, 2.05) is 0 Å². The number of hydrogen-bond donors (Lipinski definition) is 3. The molecular formula is C7H15NO2. The Morgan fingerprint density at radius 3 is 2.80 bits per heavy atom. The molecular weight excluding hydrogens is 130 g/mol. The molecule has 0 amide bonds. The summed E-state index contributed by atoms with van der Waals surface area (Å²) < 4.78 is 0. The van der Waals surface area contributed by atoms with E-state index in [4.69, 9.17) is 5.11 Å². The summed E-state index contributed by atoms with van der Waals surface area (Å²) in [5.74, 6) is 0. The molecule has 0 aromatic rings. The van der Waals surface area contributed by atoms with Gasteiger partial charge in [-0.1, -0.05) is 6.42 Å². The van der Waals surface area contributed by atoms with Crippen molar-refractivity contribution < 1.29 is 10.2 Å². The molecule has 0 radical (unpaired) electrons. The van der Waals surface area contributed by atoms with Gasteiger partial charge in [-0.15, -0.1) is 0 Å². The Morgan fingerprint density at radius 1 is 1.50 bits per heavy atom. The molecule has 0 aliphatic carbocycles. The molecule has 0 bridgehead atoms. The number of rotatable bonds is 2. The molecule has 3 N–H and O–H groups in total. The Balaban J connectivity index is 2.24. The molecule has 0 unspecified atom stereocenters. The summed E-state index contributed by atoms with van der Waals surface area (Å²) in [6, 6.07) is 0.124. The van der Waals surface area contributed by atoms with E-state index in [1.165, 1.54) is 6.42 Å². The van der Waals surface area contributed by atoms with Gasteiger partial charge in [0.2, 0.25) is 0 Å². The molecule has 0 saturated carbocycles. The highest BCUT2D eigenvalue weighted by atomic mass is 16.3. The van der Waals surface area contributed by atoms with Gasteiger partial charge in [0.05, 0.1) is 12.7 Å². The summed E-state index contributed by atoms with van der Waals surface area (Å²) in [5.41, 5.74) is 0. The van der Waals surface area contributed by atoms with Gasteiger partial charge in [0.15, 0.2) is 0 Å². The fraction of sp³-hybridized carbons (Fsp3) is 1.00. The molecule has 60 valence electrons. The first-order chi connectivity index (χ1) is 4.84. The number of nitrogens with one attached hydrogen (secondary N) is 1. The van der Waals surface area contributed by atoms with E-state index >= 15 is 0 Å². The van der Waals surface area contributed by atoms with Crippen molar-refractivity contribution in [1.82, 2.24) is 5.32 Å². The zero-order chi connectivity index (χ0) is 7.40. The summed E-state index contributed by atoms with van der Waals surface area (Å²) >= 11 is 0. The quantitative estimate of drug-likeness (QED) is 0.490. The highest BCUT2D eigenvalue weighted by Crippen LogP contribution is 2.09. The molecule has 10 heavy (non-hydrogen) atoms. The maximum absolute atomic E-state index is 9.17. The van der Waals surface area contributed by atoms with Crippen LogP contribution in [0.25, 0.3) is 0 Å². The van der Waals surface area contributed by atoms with Gasteiger partial charge >= 0.3 is 0 Å². The highest BCUT2D eigenvalue weighted by Gasteiger charge is 2.19.